The molecule has 0 aliphatic heterocycles. The van der Waals surface area contributed by atoms with Crippen molar-refractivity contribution < 1.29 is 18.3 Å². The number of aliphatic carboxylic acids is 1. The minimum absolute atomic E-state index is 0.0882. The third-order valence-electron chi connectivity index (χ3n) is 2.40. The van der Waals surface area contributed by atoms with Crippen molar-refractivity contribution in [2.24, 2.45) is 0 Å². The van der Waals surface area contributed by atoms with E-state index in [4.69, 9.17) is 5.11 Å². The topological polar surface area (TPSA) is 87.6 Å². The van der Waals surface area contributed by atoms with Gasteiger partial charge in [-0.2, -0.15) is 0 Å². The van der Waals surface area contributed by atoms with E-state index >= 15 is 0 Å². The summed E-state index contributed by atoms with van der Waals surface area (Å²) in [4.78, 5) is 15.0. The van der Waals surface area contributed by atoms with Crippen molar-refractivity contribution in [3.8, 4) is 0 Å². The van der Waals surface area contributed by atoms with E-state index in [0.29, 0.717) is 11.4 Å². The van der Waals surface area contributed by atoms with Crippen molar-refractivity contribution in [3.63, 3.8) is 0 Å². The van der Waals surface area contributed by atoms with Gasteiger partial charge in [0.25, 0.3) is 0 Å². The average Bonchev–Trinajstić information content (AvgIpc) is 2.35. The highest BCUT2D eigenvalue weighted by atomic mass is 32.2. The van der Waals surface area contributed by atoms with Gasteiger partial charge in [0.15, 0.2) is 0 Å². The molecule has 0 aliphatic carbocycles. The number of carboxylic acid groups (broad SMARTS) is 1. The molecule has 1 N–H and O–H groups in total. The predicted octanol–water partition coefficient (Wildman–Crippen LogP) is 1.29. The molecular formula is C11H16N2O4S2. The van der Waals surface area contributed by atoms with Crippen LogP contribution in [0.4, 0.5) is 0 Å². The molecule has 0 aromatic carbocycles. The zero-order chi connectivity index (χ0) is 14.6. The molecule has 0 fully saturated rings. The van der Waals surface area contributed by atoms with Gasteiger partial charge in [-0.25, -0.2) is 17.7 Å². The smallest absolute Gasteiger partial charge is 0.317 e. The molecular weight excluding hydrogens is 288 g/mol. The number of sulfonamides is 1. The first-order valence-corrected chi connectivity index (χ1v) is 7.89. The van der Waals surface area contributed by atoms with Gasteiger partial charge in [0.1, 0.15) is 10.1 Å². The first-order valence-electron chi connectivity index (χ1n) is 5.57. The highest BCUT2D eigenvalue weighted by Crippen LogP contribution is 2.24. The molecule has 6 nitrogen and oxygen atoms in total. The predicted molar refractivity (Wildman–Crippen MR) is 72.7 cm³/mol. The van der Waals surface area contributed by atoms with Crippen molar-refractivity contribution in [2.45, 2.75) is 28.5 Å². The molecule has 0 saturated heterocycles. The lowest BCUT2D eigenvalue weighted by Gasteiger charge is -2.12. The Morgan fingerprint density at radius 3 is 2.47 bits per heavy atom. The van der Waals surface area contributed by atoms with Gasteiger partial charge in [0.2, 0.25) is 10.0 Å². The second-order valence-electron chi connectivity index (χ2n) is 3.97. The third-order valence-corrected chi connectivity index (χ3v) is 5.50. The van der Waals surface area contributed by atoms with E-state index in [9.17, 15) is 13.2 Å². The van der Waals surface area contributed by atoms with Crippen LogP contribution in [0.5, 0.6) is 0 Å². The van der Waals surface area contributed by atoms with Crippen LogP contribution >= 0.6 is 11.8 Å². The van der Waals surface area contributed by atoms with Crippen molar-refractivity contribution in [1.82, 2.24) is 9.29 Å². The number of rotatable bonds is 6. The Hall–Kier alpha value is -1.12. The van der Waals surface area contributed by atoms with E-state index in [2.05, 4.69) is 4.98 Å². The molecule has 1 aromatic rings. The van der Waals surface area contributed by atoms with Crippen LogP contribution in [0.3, 0.4) is 0 Å². The van der Waals surface area contributed by atoms with Gasteiger partial charge in [-0.1, -0.05) is 18.7 Å². The average molecular weight is 304 g/mol. The summed E-state index contributed by atoms with van der Waals surface area (Å²) >= 11 is 1.11. The SMILES string of the molecule is CCC(Sc1ccc(S(=O)(=O)N(C)C)cn1)C(=O)O. The Morgan fingerprint density at radius 2 is 2.11 bits per heavy atom. The maximum Gasteiger partial charge on any atom is 0.317 e. The van der Waals surface area contributed by atoms with Crippen LogP contribution in [0.25, 0.3) is 0 Å². The molecule has 1 atom stereocenters. The van der Waals surface area contributed by atoms with Crippen molar-refractivity contribution in [1.29, 1.82) is 0 Å². The molecule has 19 heavy (non-hydrogen) atoms. The fourth-order valence-corrected chi connectivity index (χ4v) is 2.92. The van der Waals surface area contributed by atoms with Gasteiger partial charge in [-0.15, -0.1) is 0 Å². The summed E-state index contributed by atoms with van der Waals surface area (Å²) in [7, 11) is -0.619. The van der Waals surface area contributed by atoms with E-state index in [0.717, 1.165) is 16.1 Å². The molecule has 0 spiro atoms. The van der Waals surface area contributed by atoms with E-state index < -0.39 is 21.2 Å². The lowest BCUT2D eigenvalue weighted by Crippen LogP contribution is -2.22. The lowest BCUT2D eigenvalue weighted by molar-refractivity contribution is -0.136. The molecule has 0 saturated carbocycles. The van der Waals surface area contributed by atoms with Crippen molar-refractivity contribution in [3.05, 3.63) is 18.3 Å². The summed E-state index contributed by atoms with van der Waals surface area (Å²) in [6.45, 7) is 1.77. The molecule has 8 heteroatoms. The Kier molecular flexibility index (Phi) is 5.33. The van der Waals surface area contributed by atoms with Crippen molar-refractivity contribution in [2.75, 3.05) is 14.1 Å². The summed E-state index contributed by atoms with van der Waals surface area (Å²) in [5, 5.41) is 8.85. The highest BCUT2D eigenvalue weighted by Gasteiger charge is 2.20. The highest BCUT2D eigenvalue weighted by molar-refractivity contribution is 8.00. The number of carboxylic acids is 1. The van der Waals surface area contributed by atoms with Gasteiger partial charge in [0.05, 0.1) is 5.03 Å². The van der Waals surface area contributed by atoms with Gasteiger partial charge >= 0.3 is 5.97 Å². The molecule has 1 unspecified atom stereocenters. The van der Waals surface area contributed by atoms with Crippen LogP contribution in [0.2, 0.25) is 0 Å². The minimum Gasteiger partial charge on any atom is -0.480 e. The van der Waals surface area contributed by atoms with Crippen LogP contribution in [0, 0.1) is 0 Å². The van der Waals surface area contributed by atoms with Gasteiger partial charge in [-0.3, -0.25) is 4.79 Å². The lowest BCUT2D eigenvalue weighted by atomic mass is 10.3. The number of thioether (sulfide) groups is 1. The fraction of sp³-hybridized carbons (Fsp3) is 0.455. The van der Waals surface area contributed by atoms with Crippen LogP contribution in [-0.2, 0) is 14.8 Å². The van der Waals surface area contributed by atoms with Crippen LogP contribution < -0.4 is 0 Å². The van der Waals surface area contributed by atoms with Gasteiger partial charge in [-0.05, 0) is 18.6 Å². The number of aromatic nitrogens is 1. The summed E-state index contributed by atoms with van der Waals surface area (Å²) < 4.78 is 24.7. The summed E-state index contributed by atoms with van der Waals surface area (Å²) in [5.41, 5.74) is 0. The molecule has 0 radical (unpaired) electrons. The summed E-state index contributed by atoms with van der Waals surface area (Å²) in [5.74, 6) is -0.903. The van der Waals surface area contributed by atoms with E-state index in [1.807, 2.05) is 0 Å². The second-order valence-corrected chi connectivity index (χ2v) is 7.35. The molecule has 106 valence electrons. The number of carbonyl (C=O) groups is 1. The zero-order valence-corrected chi connectivity index (χ0v) is 12.5. The molecule has 0 bridgehead atoms. The first kappa shape index (κ1) is 15.9. The first-order chi connectivity index (χ1) is 8.78. The molecule has 1 aromatic heterocycles. The molecule has 1 heterocycles. The van der Waals surface area contributed by atoms with Crippen LogP contribution in [0.15, 0.2) is 28.3 Å². The number of pyridine rings is 1. The van der Waals surface area contributed by atoms with Gasteiger partial charge < -0.3 is 5.11 Å². The Balaban J connectivity index is 2.92. The largest absolute Gasteiger partial charge is 0.480 e. The van der Waals surface area contributed by atoms with Crippen LogP contribution in [-0.4, -0.2) is 48.1 Å². The fourth-order valence-electron chi connectivity index (χ4n) is 1.25. The quantitative estimate of drug-likeness (QED) is 0.797. The Labute approximate surface area is 116 Å². The van der Waals surface area contributed by atoms with Gasteiger partial charge in [0, 0.05) is 20.3 Å². The Morgan fingerprint density at radius 1 is 1.47 bits per heavy atom. The van der Waals surface area contributed by atoms with E-state index in [-0.39, 0.29) is 4.90 Å². The van der Waals surface area contributed by atoms with Crippen LogP contribution in [0.1, 0.15) is 13.3 Å². The molecule has 0 amide bonds. The maximum absolute atomic E-state index is 11.8. The normalized spacial score (nSPS) is 13.5. The minimum atomic E-state index is -3.50. The standard InChI is InChI=1S/C11H16N2O4S2/c1-4-9(11(14)15)18-10-6-5-8(7-12-10)19(16,17)13(2)3/h5-7,9H,4H2,1-3H3,(H,14,15). The number of hydrogen-bond acceptors (Lipinski definition) is 5. The van der Waals surface area contributed by atoms with E-state index in [1.165, 1.54) is 32.4 Å². The third kappa shape index (κ3) is 3.92. The maximum atomic E-state index is 11.8. The monoisotopic (exact) mass is 304 g/mol. The van der Waals surface area contributed by atoms with Crippen molar-refractivity contribution >= 4 is 27.8 Å². The zero-order valence-electron chi connectivity index (χ0n) is 10.9. The summed E-state index contributed by atoms with van der Waals surface area (Å²) in [6.07, 6.45) is 1.71. The number of nitrogens with zero attached hydrogens (tertiary/aromatic N) is 2. The van der Waals surface area contributed by atoms with E-state index in [1.54, 1.807) is 6.92 Å². The molecule has 1 rings (SSSR count). The summed E-state index contributed by atoms with van der Waals surface area (Å²) in [6, 6.07) is 2.95. The second kappa shape index (κ2) is 6.36. The Bertz CT molecular complexity index is 540. The number of hydrogen-bond donors (Lipinski definition) is 1. The molecule has 0 aliphatic rings.